The molecule has 1 amide bonds. The molecular weight excluding hydrogens is 378 g/mol. The fourth-order valence-corrected chi connectivity index (χ4v) is 3.39. The Balaban J connectivity index is 1.39. The maximum atomic E-state index is 12.1. The van der Waals surface area contributed by atoms with Gasteiger partial charge in [-0.25, -0.2) is 4.98 Å². The summed E-state index contributed by atoms with van der Waals surface area (Å²) < 4.78 is 16.5. The van der Waals surface area contributed by atoms with Crippen molar-refractivity contribution in [3.63, 3.8) is 0 Å². The molecule has 1 aromatic heterocycles. The van der Waals surface area contributed by atoms with Crippen LogP contribution < -0.4 is 19.5 Å². The van der Waals surface area contributed by atoms with E-state index in [4.69, 9.17) is 19.5 Å². The van der Waals surface area contributed by atoms with E-state index >= 15 is 0 Å². The van der Waals surface area contributed by atoms with Gasteiger partial charge in [0, 0.05) is 10.9 Å². The smallest absolute Gasteiger partial charge is 0.264 e. The number of amides is 1. The van der Waals surface area contributed by atoms with E-state index in [-0.39, 0.29) is 12.5 Å². The molecular formula is C20H15N3O4S. The topological polar surface area (TPSA) is 93.5 Å². The Kier molecular flexibility index (Phi) is 5.08. The molecule has 1 N–H and O–H groups in total. The van der Waals surface area contributed by atoms with Crippen LogP contribution in [0.2, 0.25) is 0 Å². The number of rotatable bonds is 5. The third-order valence-corrected chi connectivity index (χ3v) is 4.71. The maximum Gasteiger partial charge on any atom is 0.264 e. The molecule has 0 atom stereocenters. The highest BCUT2D eigenvalue weighted by molar-refractivity contribution is 7.14. The lowest BCUT2D eigenvalue weighted by Gasteiger charge is -2.18. The van der Waals surface area contributed by atoms with Crippen LogP contribution in [0.4, 0.5) is 5.13 Å². The highest BCUT2D eigenvalue weighted by Crippen LogP contribution is 2.35. The molecule has 0 saturated carbocycles. The third-order valence-electron chi connectivity index (χ3n) is 3.95. The van der Waals surface area contributed by atoms with Gasteiger partial charge in [-0.15, -0.1) is 11.3 Å². The highest BCUT2D eigenvalue weighted by atomic mass is 32.1. The number of anilines is 1. The average Bonchev–Trinajstić information content (AvgIpc) is 3.20. The molecule has 4 rings (SSSR count). The van der Waals surface area contributed by atoms with Gasteiger partial charge in [-0.2, -0.15) is 5.26 Å². The normalized spacial score (nSPS) is 12.1. The van der Waals surface area contributed by atoms with Crippen LogP contribution in [0.5, 0.6) is 17.2 Å². The third kappa shape index (κ3) is 3.89. The molecule has 0 bridgehead atoms. The Hall–Kier alpha value is -3.57. The van der Waals surface area contributed by atoms with E-state index in [1.807, 2.05) is 29.6 Å². The van der Waals surface area contributed by atoms with Gasteiger partial charge in [0.25, 0.3) is 5.91 Å². The van der Waals surface area contributed by atoms with Gasteiger partial charge in [0.1, 0.15) is 25.0 Å². The first-order valence-electron chi connectivity index (χ1n) is 8.50. The maximum absolute atomic E-state index is 12.1. The number of fused-ring (bicyclic) bond motifs is 1. The Labute approximate surface area is 165 Å². The minimum atomic E-state index is -0.351. The molecule has 8 heteroatoms. The first-order valence-corrected chi connectivity index (χ1v) is 9.38. The molecule has 0 fully saturated rings. The quantitative estimate of drug-likeness (QED) is 0.713. The average molecular weight is 393 g/mol. The molecule has 28 heavy (non-hydrogen) atoms. The van der Waals surface area contributed by atoms with Gasteiger partial charge < -0.3 is 14.2 Å². The van der Waals surface area contributed by atoms with Crippen LogP contribution in [-0.4, -0.2) is 30.7 Å². The Morgan fingerprint density at radius 2 is 2.04 bits per heavy atom. The monoisotopic (exact) mass is 393 g/mol. The second-order valence-corrected chi connectivity index (χ2v) is 6.70. The summed E-state index contributed by atoms with van der Waals surface area (Å²) >= 11 is 1.32. The number of nitrogens with one attached hydrogen (secondary N) is 1. The number of para-hydroxylation sites is 1. The van der Waals surface area contributed by atoms with Crippen molar-refractivity contribution in [2.24, 2.45) is 0 Å². The van der Waals surface area contributed by atoms with Crippen LogP contribution in [0.25, 0.3) is 11.3 Å². The molecule has 7 nitrogen and oxygen atoms in total. The fourth-order valence-electron chi connectivity index (χ4n) is 2.65. The van der Waals surface area contributed by atoms with Crippen LogP contribution in [0.1, 0.15) is 5.56 Å². The van der Waals surface area contributed by atoms with E-state index in [1.165, 1.54) is 11.3 Å². The number of carbonyl (C=O) groups excluding carboxylic acids is 1. The van der Waals surface area contributed by atoms with Gasteiger partial charge in [0.15, 0.2) is 23.2 Å². The van der Waals surface area contributed by atoms with Gasteiger partial charge in [0.05, 0.1) is 11.3 Å². The molecule has 0 spiro atoms. The summed E-state index contributed by atoms with van der Waals surface area (Å²) in [6.07, 6.45) is 0. The lowest BCUT2D eigenvalue weighted by Crippen LogP contribution is -2.20. The number of aromatic nitrogens is 1. The summed E-state index contributed by atoms with van der Waals surface area (Å²) in [5.41, 5.74) is 1.98. The minimum absolute atomic E-state index is 0.211. The lowest BCUT2D eigenvalue weighted by atomic mass is 10.1. The molecule has 0 saturated heterocycles. The standard InChI is InChI=1S/C20H15N3O4S/c21-10-14-3-1-2-4-16(14)27-11-19(24)23-20-22-15(12-28-20)13-5-6-17-18(9-13)26-8-7-25-17/h1-6,9,12H,7-8,11H2,(H,22,23,24). The van der Waals surface area contributed by atoms with Gasteiger partial charge in [-0.1, -0.05) is 12.1 Å². The van der Waals surface area contributed by atoms with Gasteiger partial charge in [-0.05, 0) is 30.3 Å². The first kappa shape index (κ1) is 17.8. The lowest BCUT2D eigenvalue weighted by molar-refractivity contribution is -0.118. The van der Waals surface area contributed by atoms with Crippen molar-refractivity contribution < 1.29 is 19.0 Å². The summed E-state index contributed by atoms with van der Waals surface area (Å²) in [5.74, 6) is 1.42. The van der Waals surface area contributed by atoms with Crippen LogP contribution >= 0.6 is 11.3 Å². The van der Waals surface area contributed by atoms with E-state index < -0.39 is 0 Å². The minimum Gasteiger partial charge on any atom is -0.486 e. The van der Waals surface area contributed by atoms with E-state index in [0.29, 0.717) is 41.2 Å². The predicted octanol–water partition coefficient (Wildman–Crippen LogP) is 3.47. The molecule has 0 aliphatic carbocycles. The van der Waals surface area contributed by atoms with Crippen molar-refractivity contribution in [1.29, 1.82) is 5.26 Å². The van der Waals surface area contributed by atoms with E-state index in [9.17, 15) is 4.79 Å². The second-order valence-electron chi connectivity index (χ2n) is 5.84. The van der Waals surface area contributed by atoms with Crippen molar-refractivity contribution in [2.45, 2.75) is 0 Å². The number of hydrogen-bond donors (Lipinski definition) is 1. The molecule has 2 aromatic carbocycles. The number of hydrogen-bond acceptors (Lipinski definition) is 7. The second kappa shape index (κ2) is 7.98. The van der Waals surface area contributed by atoms with E-state index in [0.717, 1.165) is 11.3 Å². The van der Waals surface area contributed by atoms with Crippen LogP contribution in [-0.2, 0) is 4.79 Å². The zero-order valence-electron chi connectivity index (χ0n) is 14.7. The summed E-state index contributed by atoms with van der Waals surface area (Å²) in [6.45, 7) is 0.849. The van der Waals surface area contributed by atoms with Crippen molar-refractivity contribution in [3.05, 3.63) is 53.4 Å². The summed E-state index contributed by atoms with van der Waals surface area (Å²) in [5, 5.41) is 14.1. The van der Waals surface area contributed by atoms with Crippen LogP contribution in [0, 0.1) is 11.3 Å². The van der Waals surface area contributed by atoms with E-state index in [2.05, 4.69) is 10.3 Å². The van der Waals surface area contributed by atoms with Gasteiger partial charge in [-0.3, -0.25) is 10.1 Å². The Morgan fingerprint density at radius 3 is 2.89 bits per heavy atom. The summed E-state index contributed by atoms with van der Waals surface area (Å²) in [6, 6.07) is 14.4. The number of ether oxygens (including phenoxy) is 3. The Morgan fingerprint density at radius 1 is 1.21 bits per heavy atom. The number of thiazole rings is 1. The molecule has 1 aliphatic rings. The van der Waals surface area contributed by atoms with Crippen molar-refractivity contribution in [2.75, 3.05) is 25.1 Å². The van der Waals surface area contributed by atoms with Crippen LogP contribution in [0.3, 0.4) is 0 Å². The fraction of sp³-hybridized carbons (Fsp3) is 0.150. The molecule has 1 aliphatic heterocycles. The van der Waals surface area contributed by atoms with Gasteiger partial charge in [0.2, 0.25) is 0 Å². The summed E-state index contributed by atoms with van der Waals surface area (Å²) in [4.78, 5) is 16.6. The zero-order valence-corrected chi connectivity index (χ0v) is 15.5. The van der Waals surface area contributed by atoms with E-state index in [1.54, 1.807) is 24.3 Å². The number of nitriles is 1. The SMILES string of the molecule is N#Cc1ccccc1OCC(=O)Nc1nc(-c2ccc3c(c2)OCCO3)cs1. The molecule has 140 valence electrons. The molecule has 2 heterocycles. The molecule has 0 radical (unpaired) electrons. The van der Waals surface area contributed by atoms with Crippen molar-refractivity contribution in [1.82, 2.24) is 4.98 Å². The van der Waals surface area contributed by atoms with Crippen molar-refractivity contribution >= 4 is 22.4 Å². The number of benzene rings is 2. The Bertz CT molecular complexity index is 1060. The van der Waals surface area contributed by atoms with Crippen LogP contribution in [0.15, 0.2) is 47.8 Å². The van der Waals surface area contributed by atoms with Gasteiger partial charge >= 0.3 is 0 Å². The van der Waals surface area contributed by atoms with Crippen molar-refractivity contribution in [3.8, 4) is 34.6 Å². The zero-order chi connectivity index (χ0) is 19.3. The predicted molar refractivity (Wildman–Crippen MR) is 104 cm³/mol. The molecule has 0 unspecified atom stereocenters. The number of carbonyl (C=O) groups is 1. The number of nitrogens with zero attached hydrogens (tertiary/aromatic N) is 2. The highest BCUT2D eigenvalue weighted by Gasteiger charge is 2.15. The molecule has 3 aromatic rings. The largest absolute Gasteiger partial charge is 0.486 e. The summed E-state index contributed by atoms with van der Waals surface area (Å²) in [7, 11) is 0. The first-order chi connectivity index (χ1) is 13.7.